The van der Waals surface area contributed by atoms with Crippen LogP contribution in [0.3, 0.4) is 0 Å². The highest BCUT2D eigenvalue weighted by molar-refractivity contribution is 6.20. The standard InChI is InChI=1S/C26H21ClO7/c27-23-22(34-26(30)19-14-8-3-9-15-19)21(33-25(29)18-12-6-2-7-13-18)20(16-31-23)32-24(28)17-10-4-1-5-11-17/h1-15,20-23H,16H2. The van der Waals surface area contributed by atoms with Crippen LogP contribution in [0.4, 0.5) is 0 Å². The van der Waals surface area contributed by atoms with Crippen LogP contribution in [-0.2, 0) is 18.9 Å². The summed E-state index contributed by atoms with van der Waals surface area (Å²) in [6.45, 7) is -0.154. The number of hydrogen-bond donors (Lipinski definition) is 0. The van der Waals surface area contributed by atoms with Gasteiger partial charge in [0, 0.05) is 0 Å². The molecule has 8 heteroatoms. The first kappa shape index (κ1) is 23.5. The van der Waals surface area contributed by atoms with Gasteiger partial charge >= 0.3 is 17.9 Å². The summed E-state index contributed by atoms with van der Waals surface area (Å²) in [5.74, 6) is -2.01. The Hall–Kier alpha value is -3.68. The molecule has 0 aromatic heterocycles. The molecular formula is C26H21ClO7. The molecule has 0 radical (unpaired) electrons. The summed E-state index contributed by atoms with van der Waals surface area (Å²) >= 11 is 6.33. The number of alkyl halides is 1. The minimum atomic E-state index is -1.23. The van der Waals surface area contributed by atoms with Gasteiger partial charge in [0.1, 0.15) is 0 Å². The largest absolute Gasteiger partial charge is 0.452 e. The molecule has 1 heterocycles. The van der Waals surface area contributed by atoms with Gasteiger partial charge in [-0.15, -0.1) is 0 Å². The predicted octanol–water partition coefficient (Wildman–Crippen LogP) is 4.26. The third kappa shape index (κ3) is 5.62. The fourth-order valence-corrected chi connectivity index (χ4v) is 3.68. The van der Waals surface area contributed by atoms with Crippen LogP contribution < -0.4 is 0 Å². The molecule has 1 saturated heterocycles. The van der Waals surface area contributed by atoms with Gasteiger partial charge in [0.15, 0.2) is 23.9 Å². The Balaban J connectivity index is 1.59. The molecule has 174 valence electrons. The van der Waals surface area contributed by atoms with Gasteiger partial charge in [-0.05, 0) is 36.4 Å². The number of ether oxygens (including phenoxy) is 4. The molecule has 1 aliphatic rings. The molecular weight excluding hydrogens is 460 g/mol. The van der Waals surface area contributed by atoms with Crippen LogP contribution in [0.15, 0.2) is 91.0 Å². The van der Waals surface area contributed by atoms with E-state index in [4.69, 9.17) is 30.5 Å². The molecule has 0 N–H and O–H groups in total. The van der Waals surface area contributed by atoms with Crippen molar-refractivity contribution in [2.24, 2.45) is 0 Å². The van der Waals surface area contributed by atoms with Crippen LogP contribution in [0.25, 0.3) is 0 Å². The minimum Gasteiger partial charge on any atom is -0.452 e. The Morgan fingerprint density at radius 3 is 1.44 bits per heavy atom. The monoisotopic (exact) mass is 480 g/mol. The lowest BCUT2D eigenvalue weighted by Gasteiger charge is -2.38. The van der Waals surface area contributed by atoms with E-state index in [1.54, 1.807) is 91.0 Å². The molecule has 7 nitrogen and oxygen atoms in total. The molecule has 4 unspecified atom stereocenters. The molecule has 0 spiro atoms. The number of esters is 3. The summed E-state index contributed by atoms with van der Waals surface area (Å²) in [6, 6.07) is 24.9. The molecule has 0 aliphatic carbocycles. The second-order valence-corrected chi connectivity index (χ2v) is 7.90. The van der Waals surface area contributed by atoms with Gasteiger partial charge in [-0.25, -0.2) is 14.4 Å². The SMILES string of the molecule is O=C(OC1COC(Cl)C(OC(=O)c2ccccc2)C1OC(=O)c1ccccc1)c1ccccc1. The fraction of sp³-hybridized carbons (Fsp3) is 0.192. The molecule has 34 heavy (non-hydrogen) atoms. The number of carbonyl (C=O) groups is 3. The van der Waals surface area contributed by atoms with Crippen LogP contribution in [0.1, 0.15) is 31.1 Å². The quantitative estimate of drug-likeness (QED) is 0.296. The van der Waals surface area contributed by atoms with E-state index in [0.29, 0.717) is 5.56 Å². The number of carbonyl (C=O) groups excluding carboxylic acids is 3. The van der Waals surface area contributed by atoms with Gasteiger partial charge < -0.3 is 18.9 Å². The van der Waals surface area contributed by atoms with Crippen LogP contribution in [0.5, 0.6) is 0 Å². The van der Waals surface area contributed by atoms with Crippen molar-refractivity contribution in [2.75, 3.05) is 6.61 Å². The normalized spacial score (nSPS) is 21.8. The van der Waals surface area contributed by atoms with Crippen LogP contribution >= 0.6 is 11.6 Å². The van der Waals surface area contributed by atoms with Gasteiger partial charge in [0.25, 0.3) is 0 Å². The van der Waals surface area contributed by atoms with E-state index in [-0.39, 0.29) is 17.7 Å². The van der Waals surface area contributed by atoms with Crippen molar-refractivity contribution in [3.8, 4) is 0 Å². The maximum atomic E-state index is 12.8. The zero-order valence-electron chi connectivity index (χ0n) is 17.9. The summed E-state index contributed by atoms with van der Waals surface area (Å²) in [4.78, 5) is 38.2. The van der Waals surface area contributed by atoms with E-state index in [0.717, 1.165) is 0 Å². The topological polar surface area (TPSA) is 88.1 Å². The molecule has 0 saturated carbocycles. The Labute approximate surface area is 201 Å². The third-order valence-electron chi connectivity index (χ3n) is 5.14. The molecule has 1 fully saturated rings. The van der Waals surface area contributed by atoms with Crippen LogP contribution in [-0.4, -0.2) is 48.4 Å². The van der Waals surface area contributed by atoms with Gasteiger partial charge in [-0.2, -0.15) is 0 Å². The summed E-state index contributed by atoms with van der Waals surface area (Å²) in [5.41, 5.74) is -0.265. The van der Waals surface area contributed by atoms with Crippen LogP contribution in [0, 0.1) is 0 Å². The van der Waals surface area contributed by atoms with Crippen molar-refractivity contribution in [1.29, 1.82) is 0 Å². The average molecular weight is 481 g/mol. The first-order valence-electron chi connectivity index (χ1n) is 10.6. The number of hydrogen-bond acceptors (Lipinski definition) is 7. The lowest BCUT2D eigenvalue weighted by atomic mass is 10.0. The van der Waals surface area contributed by atoms with Gasteiger partial charge in [0.2, 0.25) is 0 Å². The zero-order valence-corrected chi connectivity index (χ0v) is 18.7. The van der Waals surface area contributed by atoms with E-state index in [1.165, 1.54) is 0 Å². The lowest BCUT2D eigenvalue weighted by Crippen LogP contribution is -2.56. The van der Waals surface area contributed by atoms with E-state index >= 15 is 0 Å². The summed E-state index contributed by atoms with van der Waals surface area (Å²) in [5, 5.41) is 0. The molecule has 4 rings (SSSR count). The first-order chi connectivity index (χ1) is 16.5. The summed E-state index contributed by atoms with van der Waals surface area (Å²) < 4.78 is 22.4. The van der Waals surface area contributed by atoms with Gasteiger partial charge in [-0.1, -0.05) is 66.2 Å². The van der Waals surface area contributed by atoms with E-state index in [2.05, 4.69) is 0 Å². The Morgan fingerprint density at radius 2 is 1.00 bits per heavy atom. The highest BCUT2D eigenvalue weighted by Gasteiger charge is 2.47. The van der Waals surface area contributed by atoms with Crippen molar-refractivity contribution in [1.82, 2.24) is 0 Å². The van der Waals surface area contributed by atoms with E-state index < -0.39 is 41.8 Å². The molecule has 1 aliphatic heterocycles. The summed E-state index contributed by atoms with van der Waals surface area (Å²) in [7, 11) is 0. The molecule has 0 amide bonds. The van der Waals surface area contributed by atoms with E-state index in [1.807, 2.05) is 0 Å². The smallest absolute Gasteiger partial charge is 0.338 e. The number of halogens is 1. The van der Waals surface area contributed by atoms with Crippen molar-refractivity contribution < 1.29 is 33.3 Å². The maximum Gasteiger partial charge on any atom is 0.338 e. The highest BCUT2D eigenvalue weighted by atomic mass is 35.5. The van der Waals surface area contributed by atoms with Crippen molar-refractivity contribution >= 4 is 29.5 Å². The fourth-order valence-electron chi connectivity index (χ4n) is 3.41. The molecule has 4 atom stereocenters. The van der Waals surface area contributed by atoms with Gasteiger partial charge in [-0.3, -0.25) is 0 Å². The third-order valence-corrected chi connectivity index (χ3v) is 5.52. The average Bonchev–Trinajstić information content (AvgIpc) is 2.89. The van der Waals surface area contributed by atoms with Crippen molar-refractivity contribution in [3.05, 3.63) is 108 Å². The molecule has 3 aromatic carbocycles. The minimum absolute atomic E-state index is 0.154. The van der Waals surface area contributed by atoms with E-state index in [9.17, 15) is 14.4 Å². The lowest BCUT2D eigenvalue weighted by molar-refractivity contribution is -0.169. The zero-order chi connectivity index (χ0) is 23.9. The highest BCUT2D eigenvalue weighted by Crippen LogP contribution is 2.28. The second kappa shape index (κ2) is 11.0. The maximum absolute atomic E-state index is 12.8. The van der Waals surface area contributed by atoms with Crippen LogP contribution in [0.2, 0.25) is 0 Å². The van der Waals surface area contributed by atoms with Crippen molar-refractivity contribution in [2.45, 2.75) is 23.9 Å². The Morgan fingerprint density at radius 1 is 0.618 bits per heavy atom. The second-order valence-electron chi connectivity index (χ2n) is 7.47. The summed E-state index contributed by atoms with van der Waals surface area (Å²) in [6.07, 6.45) is -3.50. The number of rotatable bonds is 6. The first-order valence-corrected chi connectivity index (χ1v) is 11.0. The number of benzene rings is 3. The Bertz CT molecular complexity index is 1120. The predicted molar refractivity (Wildman–Crippen MR) is 123 cm³/mol. The molecule has 3 aromatic rings. The van der Waals surface area contributed by atoms with Crippen molar-refractivity contribution in [3.63, 3.8) is 0 Å². The molecule has 0 bridgehead atoms. The van der Waals surface area contributed by atoms with Gasteiger partial charge in [0.05, 0.1) is 23.3 Å². The Kier molecular flexibility index (Phi) is 7.57.